The zero-order chi connectivity index (χ0) is 7.83. The first kappa shape index (κ1) is 7.60. The van der Waals surface area contributed by atoms with Gasteiger partial charge >= 0.3 is 0 Å². The number of nitriles is 1. The molecule has 1 unspecified atom stereocenters. The zero-order valence-electron chi connectivity index (χ0n) is 7.07. The van der Waals surface area contributed by atoms with E-state index in [1.54, 1.807) is 0 Å². The summed E-state index contributed by atoms with van der Waals surface area (Å²) in [6.07, 6.45) is 3.32. The maximum Gasteiger partial charge on any atom is 0.0695 e. The summed E-state index contributed by atoms with van der Waals surface area (Å²) >= 11 is 0. The highest BCUT2D eigenvalue weighted by atomic mass is 14.6. The first-order valence-corrected chi connectivity index (χ1v) is 3.99. The average molecular weight is 137 g/mol. The predicted molar refractivity (Wildman–Crippen MR) is 41.4 cm³/mol. The molecule has 1 aliphatic carbocycles. The highest BCUT2D eigenvalue weighted by Gasteiger charge is 2.60. The highest BCUT2D eigenvalue weighted by molar-refractivity contribution is 5.20. The van der Waals surface area contributed by atoms with Gasteiger partial charge in [-0.05, 0) is 18.3 Å². The molecular formula is C9H15N. The van der Waals surface area contributed by atoms with Crippen LogP contribution in [0.25, 0.3) is 0 Å². The molecule has 0 heterocycles. The summed E-state index contributed by atoms with van der Waals surface area (Å²) in [7, 11) is 0. The normalized spacial score (nSPS) is 35.0. The molecule has 0 N–H and O–H groups in total. The van der Waals surface area contributed by atoms with Gasteiger partial charge in [0.15, 0.2) is 0 Å². The van der Waals surface area contributed by atoms with Crippen molar-refractivity contribution < 1.29 is 0 Å². The Labute approximate surface area is 63.0 Å². The molecule has 0 amide bonds. The minimum atomic E-state index is 0.0434. The van der Waals surface area contributed by atoms with Crippen molar-refractivity contribution in [2.45, 2.75) is 40.0 Å². The third-order valence-electron chi connectivity index (χ3n) is 2.81. The summed E-state index contributed by atoms with van der Waals surface area (Å²) in [5.74, 6) is 0. The Hall–Kier alpha value is -0.510. The van der Waals surface area contributed by atoms with Crippen LogP contribution in [-0.2, 0) is 0 Å². The van der Waals surface area contributed by atoms with Crippen LogP contribution in [0.5, 0.6) is 0 Å². The molecule has 0 aromatic heterocycles. The second-order valence-corrected chi connectivity index (χ2v) is 4.00. The van der Waals surface area contributed by atoms with Crippen molar-refractivity contribution in [1.82, 2.24) is 0 Å². The van der Waals surface area contributed by atoms with Crippen LogP contribution >= 0.6 is 0 Å². The summed E-state index contributed by atoms with van der Waals surface area (Å²) in [5.41, 5.74) is 0.347. The van der Waals surface area contributed by atoms with E-state index in [1.165, 1.54) is 0 Å². The topological polar surface area (TPSA) is 23.8 Å². The summed E-state index contributed by atoms with van der Waals surface area (Å²) in [5, 5.41) is 8.87. The van der Waals surface area contributed by atoms with E-state index in [9.17, 15) is 0 Å². The van der Waals surface area contributed by atoms with E-state index in [-0.39, 0.29) is 5.41 Å². The lowest BCUT2D eigenvalue weighted by Gasteiger charge is -2.08. The Morgan fingerprint density at radius 2 is 2.00 bits per heavy atom. The Morgan fingerprint density at radius 1 is 1.50 bits per heavy atom. The SMILES string of the molecule is CCCC1(C#N)CC1(C)C. The van der Waals surface area contributed by atoms with Crippen molar-refractivity contribution >= 4 is 0 Å². The molecule has 1 aliphatic rings. The Bertz CT molecular complexity index is 176. The van der Waals surface area contributed by atoms with Gasteiger partial charge in [0.05, 0.1) is 11.5 Å². The average Bonchev–Trinajstić information content (AvgIpc) is 2.37. The van der Waals surface area contributed by atoms with Gasteiger partial charge in [-0.2, -0.15) is 5.26 Å². The minimum Gasteiger partial charge on any atom is -0.198 e. The summed E-state index contributed by atoms with van der Waals surface area (Å²) in [6.45, 7) is 6.52. The fraction of sp³-hybridized carbons (Fsp3) is 0.889. The van der Waals surface area contributed by atoms with E-state index in [4.69, 9.17) is 5.26 Å². The van der Waals surface area contributed by atoms with E-state index < -0.39 is 0 Å². The lowest BCUT2D eigenvalue weighted by atomic mass is 9.93. The number of rotatable bonds is 2. The zero-order valence-corrected chi connectivity index (χ0v) is 7.07. The summed E-state index contributed by atoms with van der Waals surface area (Å²) in [6, 6.07) is 2.44. The van der Waals surface area contributed by atoms with E-state index in [0.717, 1.165) is 19.3 Å². The summed E-state index contributed by atoms with van der Waals surface area (Å²) in [4.78, 5) is 0. The van der Waals surface area contributed by atoms with Crippen LogP contribution in [-0.4, -0.2) is 0 Å². The number of nitrogens with zero attached hydrogens (tertiary/aromatic N) is 1. The van der Waals surface area contributed by atoms with Crippen LogP contribution in [0.3, 0.4) is 0 Å². The van der Waals surface area contributed by atoms with E-state index in [2.05, 4.69) is 26.8 Å². The van der Waals surface area contributed by atoms with Crippen LogP contribution in [0, 0.1) is 22.2 Å². The Kier molecular flexibility index (Phi) is 1.51. The lowest BCUT2D eigenvalue weighted by Crippen LogP contribution is -2.04. The van der Waals surface area contributed by atoms with Crippen LogP contribution in [0.15, 0.2) is 0 Å². The minimum absolute atomic E-state index is 0.0434. The van der Waals surface area contributed by atoms with Gasteiger partial charge in [-0.25, -0.2) is 0 Å². The second-order valence-electron chi connectivity index (χ2n) is 4.00. The molecule has 0 aromatic carbocycles. The van der Waals surface area contributed by atoms with Gasteiger partial charge in [-0.3, -0.25) is 0 Å². The fourth-order valence-corrected chi connectivity index (χ4v) is 1.81. The van der Waals surface area contributed by atoms with Crippen LogP contribution < -0.4 is 0 Å². The maximum atomic E-state index is 8.87. The van der Waals surface area contributed by atoms with Gasteiger partial charge in [-0.15, -0.1) is 0 Å². The van der Waals surface area contributed by atoms with E-state index >= 15 is 0 Å². The van der Waals surface area contributed by atoms with E-state index in [1.807, 2.05) is 0 Å². The molecule has 0 aliphatic heterocycles. The third kappa shape index (κ3) is 0.831. The van der Waals surface area contributed by atoms with Crippen molar-refractivity contribution in [2.75, 3.05) is 0 Å². The molecule has 1 rings (SSSR count). The third-order valence-corrected chi connectivity index (χ3v) is 2.81. The standard InChI is InChI=1S/C9H15N/c1-4-5-9(7-10)6-8(9,2)3/h4-6H2,1-3H3. The van der Waals surface area contributed by atoms with Crippen molar-refractivity contribution in [3.63, 3.8) is 0 Å². The van der Waals surface area contributed by atoms with Crippen molar-refractivity contribution in [1.29, 1.82) is 5.26 Å². The molecule has 0 aromatic rings. The highest BCUT2D eigenvalue weighted by Crippen LogP contribution is 2.65. The number of hydrogen-bond acceptors (Lipinski definition) is 1. The molecule has 0 spiro atoms. The van der Waals surface area contributed by atoms with Crippen LogP contribution in [0.1, 0.15) is 40.0 Å². The molecule has 1 saturated carbocycles. The van der Waals surface area contributed by atoms with Crippen molar-refractivity contribution in [3.8, 4) is 6.07 Å². The van der Waals surface area contributed by atoms with Gasteiger partial charge in [0.2, 0.25) is 0 Å². The Balaban J connectivity index is 2.62. The van der Waals surface area contributed by atoms with Crippen molar-refractivity contribution in [3.05, 3.63) is 0 Å². The van der Waals surface area contributed by atoms with Crippen molar-refractivity contribution in [2.24, 2.45) is 10.8 Å². The largest absolute Gasteiger partial charge is 0.198 e. The first-order valence-electron chi connectivity index (χ1n) is 3.99. The second kappa shape index (κ2) is 1.99. The molecule has 56 valence electrons. The maximum absolute atomic E-state index is 8.87. The lowest BCUT2D eigenvalue weighted by molar-refractivity contribution is 0.442. The molecule has 1 fully saturated rings. The van der Waals surface area contributed by atoms with Gasteiger partial charge in [0.25, 0.3) is 0 Å². The summed E-state index contributed by atoms with van der Waals surface area (Å²) < 4.78 is 0. The molecule has 0 radical (unpaired) electrons. The first-order chi connectivity index (χ1) is 4.58. The predicted octanol–water partition coefficient (Wildman–Crippen LogP) is 2.73. The molecule has 1 nitrogen and oxygen atoms in total. The van der Waals surface area contributed by atoms with Crippen LogP contribution in [0.2, 0.25) is 0 Å². The number of hydrogen-bond donors (Lipinski definition) is 0. The molecule has 0 saturated heterocycles. The quantitative estimate of drug-likeness (QED) is 0.574. The van der Waals surface area contributed by atoms with E-state index in [0.29, 0.717) is 5.41 Å². The molecule has 1 atom stereocenters. The fourth-order valence-electron chi connectivity index (χ4n) is 1.81. The molecule has 0 bridgehead atoms. The molecule has 1 heteroatoms. The van der Waals surface area contributed by atoms with Gasteiger partial charge in [-0.1, -0.05) is 27.2 Å². The van der Waals surface area contributed by atoms with Crippen LogP contribution in [0.4, 0.5) is 0 Å². The van der Waals surface area contributed by atoms with Gasteiger partial charge in [0.1, 0.15) is 0 Å². The Morgan fingerprint density at radius 3 is 2.10 bits per heavy atom. The van der Waals surface area contributed by atoms with Gasteiger partial charge in [0, 0.05) is 0 Å². The monoisotopic (exact) mass is 137 g/mol. The molecular weight excluding hydrogens is 122 g/mol. The smallest absolute Gasteiger partial charge is 0.0695 e. The molecule has 10 heavy (non-hydrogen) atoms. The van der Waals surface area contributed by atoms with Gasteiger partial charge < -0.3 is 0 Å².